The third-order valence-corrected chi connectivity index (χ3v) is 12.6. The summed E-state index contributed by atoms with van der Waals surface area (Å²) < 4.78 is 99.8. The molecular weight excluding hydrogens is 811 g/mol. The SMILES string of the molecule is CC1(c2ccccc2)CN(Cc2ccn3c(CC4CC4)nnc3c2C(F)(F)F)CCO1.CC1(c2ccccc2)CN(Cc2ccn3c(CC4CC4)nnc3c2C(F)(F)F)CCO1. The van der Waals surface area contributed by atoms with Crippen molar-refractivity contribution in [3.05, 3.63) is 130 Å². The summed E-state index contributed by atoms with van der Waals surface area (Å²) in [4.78, 5) is 4.05. The van der Waals surface area contributed by atoms with Gasteiger partial charge in [-0.05, 0) is 85.8 Å². The first-order valence-corrected chi connectivity index (χ1v) is 21.4. The number of fused-ring (bicyclic) bond motifs is 2. The average molecular weight is 861 g/mol. The molecule has 0 N–H and O–H groups in total. The van der Waals surface area contributed by atoms with Gasteiger partial charge in [0.15, 0.2) is 11.3 Å². The molecule has 62 heavy (non-hydrogen) atoms. The molecule has 0 radical (unpaired) electrons. The van der Waals surface area contributed by atoms with Gasteiger partial charge in [0.05, 0.1) is 13.2 Å². The largest absolute Gasteiger partial charge is 0.420 e. The topological polar surface area (TPSA) is 85.3 Å². The van der Waals surface area contributed by atoms with Crippen LogP contribution in [-0.2, 0) is 59.0 Å². The molecule has 6 aromatic rings. The maximum Gasteiger partial charge on any atom is 0.420 e. The number of morpholine rings is 2. The first kappa shape index (κ1) is 42.4. The zero-order valence-corrected chi connectivity index (χ0v) is 34.8. The van der Waals surface area contributed by atoms with Crippen molar-refractivity contribution in [2.24, 2.45) is 11.8 Å². The van der Waals surface area contributed by atoms with Crippen LogP contribution in [0.4, 0.5) is 26.3 Å². The van der Waals surface area contributed by atoms with Crippen molar-refractivity contribution in [3.8, 4) is 0 Å². The molecule has 10 rings (SSSR count). The molecule has 0 spiro atoms. The van der Waals surface area contributed by atoms with Crippen molar-refractivity contribution < 1.29 is 35.8 Å². The van der Waals surface area contributed by atoms with E-state index in [9.17, 15) is 26.3 Å². The number of halogens is 6. The van der Waals surface area contributed by atoms with E-state index in [1.54, 1.807) is 24.5 Å². The second kappa shape index (κ2) is 16.7. The standard InChI is InChI=1S/2C23H25F3N4O/c2*1-22(18-5-3-2-4-6-18)15-29(11-12-31-22)14-17-9-10-30-19(13-16-7-8-16)27-28-21(30)20(17)23(24,25)26/h2*2-6,9-10,16H,7-8,11-15H2,1H3. The van der Waals surface area contributed by atoms with Gasteiger partial charge in [-0.1, -0.05) is 60.7 Å². The Hall–Kier alpha value is -4.90. The Morgan fingerprint density at radius 2 is 0.952 bits per heavy atom. The number of hydrogen-bond donors (Lipinski definition) is 0. The fraction of sp³-hybridized carbons (Fsp3) is 0.478. The van der Waals surface area contributed by atoms with Gasteiger partial charge in [-0.25, -0.2) is 0 Å². The maximum atomic E-state index is 14.1. The van der Waals surface area contributed by atoms with E-state index in [4.69, 9.17) is 9.47 Å². The van der Waals surface area contributed by atoms with Crippen molar-refractivity contribution in [3.63, 3.8) is 0 Å². The third kappa shape index (κ3) is 9.10. The molecule has 4 fully saturated rings. The molecule has 0 amide bonds. The Morgan fingerprint density at radius 3 is 1.31 bits per heavy atom. The minimum absolute atomic E-state index is 0.0975. The fourth-order valence-electron chi connectivity index (χ4n) is 8.99. The summed E-state index contributed by atoms with van der Waals surface area (Å²) >= 11 is 0. The highest BCUT2D eigenvalue weighted by atomic mass is 19.4. The molecule has 10 nitrogen and oxygen atoms in total. The van der Waals surface area contributed by atoms with E-state index in [1.807, 2.05) is 84.3 Å². The van der Waals surface area contributed by atoms with E-state index in [1.165, 1.54) is 8.80 Å². The van der Waals surface area contributed by atoms with Gasteiger partial charge in [0.1, 0.15) is 34.0 Å². The number of nitrogens with zero attached hydrogens (tertiary/aromatic N) is 8. The number of pyridine rings is 2. The summed E-state index contributed by atoms with van der Waals surface area (Å²) in [6, 6.07) is 22.8. The Balaban J connectivity index is 0.000000158. The van der Waals surface area contributed by atoms with E-state index in [-0.39, 0.29) is 35.5 Å². The molecule has 4 aliphatic rings. The summed E-state index contributed by atoms with van der Waals surface area (Å²) in [5.74, 6) is 2.26. The van der Waals surface area contributed by atoms with Crippen molar-refractivity contribution in [1.29, 1.82) is 0 Å². The molecule has 2 aliphatic heterocycles. The van der Waals surface area contributed by atoms with Crippen LogP contribution < -0.4 is 0 Å². The molecule has 2 unspecified atom stereocenters. The van der Waals surface area contributed by atoms with E-state index in [0.717, 1.165) is 36.8 Å². The van der Waals surface area contributed by atoms with Crippen LogP contribution in [0, 0.1) is 11.8 Å². The lowest BCUT2D eigenvalue weighted by Gasteiger charge is -2.41. The van der Waals surface area contributed by atoms with E-state index in [2.05, 4.69) is 20.4 Å². The molecule has 0 bridgehead atoms. The van der Waals surface area contributed by atoms with Gasteiger partial charge < -0.3 is 9.47 Å². The van der Waals surface area contributed by atoms with Gasteiger partial charge in [-0.2, -0.15) is 26.3 Å². The number of alkyl halides is 6. The van der Waals surface area contributed by atoms with Gasteiger partial charge in [-0.15, -0.1) is 20.4 Å². The zero-order chi connectivity index (χ0) is 43.3. The summed E-state index contributed by atoms with van der Waals surface area (Å²) in [7, 11) is 0. The van der Waals surface area contributed by atoms with Crippen molar-refractivity contribution in [1.82, 2.24) is 39.0 Å². The van der Waals surface area contributed by atoms with Crippen LogP contribution in [0.1, 0.15) is 84.6 Å². The zero-order valence-electron chi connectivity index (χ0n) is 34.8. The van der Waals surface area contributed by atoms with Crippen LogP contribution >= 0.6 is 0 Å². The second-order valence-electron chi connectivity index (χ2n) is 17.7. The molecule has 2 atom stereocenters. The van der Waals surface area contributed by atoms with Gasteiger partial charge >= 0.3 is 12.4 Å². The van der Waals surface area contributed by atoms with E-state index >= 15 is 0 Å². The summed E-state index contributed by atoms with van der Waals surface area (Å²) in [6.07, 6.45) is 0.156. The molecule has 16 heteroatoms. The molecule has 6 heterocycles. The first-order chi connectivity index (χ1) is 29.7. The van der Waals surface area contributed by atoms with Crippen molar-refractivity contribution in [2.45, 2.75) is 89.0 Å². The number of benzene rings is 2. The van der Waals surface area contributed by atoms with E-state index in [0.29, 0.717) is 75.7 Å². The molecule has 328 valence electrons. The van der Waals surface area contributed by atoms with Crippen LogP contribution in [0.15, 0.2) is 85.2 Å². The minimum atomic E-state index is -4.50. The summed E-state index contributed by atoms with van der Waals surface area (Å²) in [5, 5.41) is 16.1. The normalized spacial score (nSPS) is 22.8. The lowest BCUT2D eigenvalue weighted by atomic mass is 9.93. The molecule has 2 saturated heterocycles. The van der Waals surface area contributed by atoms with Gasteiger partial charge in [0, 0.05) is 64.5 Å². The predicted molar refractivity (Wildman–Crippen MR) is 219 cm³/mol. The molecule has 2 aliphatic carbocycles. The molecule has 2 saturated carbocycles. The average Bonchev–Trinajstić information content (AvgIpc) is 4.17. The number of aromatic nitrogens is 6. The highest BCUT2D eigenvalue weighted by Crippen LogP contribution is 2.40. The quantitative estimate of drug-likeness (QED) is 0.126. The van der Waals surface area contributed by atoms with Crippen LogP contribution in [0.2, 0.25) is 0 Å². The maximum absolute atomic E-state index is 14.1. The highest BCUT2D eigenvalue weighted by molar-refractivity contribution is 5.55. The lowest BCUT2D eigenvalue weighted by molar-refractivity contribution is -0.139. The van der Waals surface area contributed by atoms with Crippen LogP contribution in [-0.4, -0.2) is 78.4 Å². The van der Waals surface area contributed by atoms with E-state index < -0.39 is 34.7 Å². The number of ether oxygens (including phenoxy) is 2. The first-order valence-electron chi connectivity index (χ1n) is 21.4. The van der Waals surface area contributed by atoms with Gasteiger partial charge in [0.2, 0.25) is 0 Å². The molecular formula is C46H50F6N8O2. The third-order valence-electron chi connectivity index (χ3n) is 12.6. The van der Waals surface area contributed by atoms with Crippen LogP contribution in [0.5, 0.6) is 0 Å². The van der Waals surface area contributed by atoms with Gasteiger partial charge in [-0.3, -0.25) is 18.6 Å². The molecule has 2 aromatic carbocycles. The Morgan fingerprint density at radius 1 is 0.565 bits per heavy atom. The Labute approximate surface area is 355 Å². The van der Waals surface area contributed by atoms with Crippen molar-refractivity contribution >= 4 is 11.3 Å². The minimum Gasteiger partial charge on any atom is -0.368 e. The molecule has 4 aromatic heterocycles. The summed E-state index contributed by atoms with van der Waals surface area (Å²) in [5.41, 5.74) is -0.190. The Bertz CT molecular complexity index is 2330. The number of rotatable bonds is 10. The van der Waals surface area contributed by atoms with Crippen molar-refractivity contribution in [2.75, 3.05) is 39.4 Å². The van der Waals surface area contributed by atoms with Gasteiger partial charge in [0.25, 0.3) is 0 Å². The van der Waals surface area contributed by atoms with Crippen LogP contribution in [0.3, 0.4) is 0 Å². The predicted octanol–water partition coefficient (Wildman–Crippen LogP) is 8.90. The summed E-state index contributed by atoms with van der Waals surface area (Å²) in [6.45, 7) is 7.45. The van der Waals surface area contributed by atoms with Crippen LogP contribution in [0.25, 0.3) is 11.3 Å². The smallest absolute Gasteiger partial charge is 0.368 e. The number of hydrogen-bond acceptors (Lipinski definition) is 8. The highest BCUT2D eigenvalue weighted by Gasteiger charge is 2.42. The monoisotopic (exact) mass is 860 g/mol. The fourth-order valence-corrected chi connectivity index (χ4v) is 8.99. The Kier molecular flexibility index (Phi) is 11.4. The lowest BCUT2D eigenvalue weighted by Crippen LogP contribution is -2.47. The second-order valence-corrected chi connectivity index (χ2v) is 17.7.